The lowest BCUT2D eigenvalue weighted by atomic mass is 10.1. The van der Waals surface area contributed by atoms with Gasteiger partial charge >= 0.3 is 0 Å². The zero-order valence-electron chi connectivity index (χ0n) is 8.46. The molecule has 1 aromatic rings. The van der Waals surface area contributed by atoms with Gasteiger partial charge in [-0.05, 0) is 25.0 Å². The first-order valence-corrected chi connectivity index (χ1v) is 4.89. The summed E-state index contributed by atoms with van der Waals surface area (Å²) in [6.07, 6.45) is 5.02. The number of hydrogen-bond donors (Lipinski definition) is 1. The van der Waals surface area contributed by atoms with Crippen molar-refractivity contribution >= 4 is 0 Å². The Hall–Kier alpha value is -0.890. The van der Waals surface area contributed by atoms with E-state index in [0.717, 1.165) is 25.0 Å². The van der Waals surface area contributed by atoms with Crippen molar-refractivity contribution in [1.29, 1.82) is 0 Å². The first-order chi connectivity index (χ1) is 6.22. The molecule has 0 aliphatic rings. The van der Waals surface area contributed by atoms with Gasteiger partial charge in [0.2, 0.25) is 0 Å². The second kappa shape index (κ2) is 4.97. The van der Waals surface area contributed by atoms with Gasteiger partial charge in [0.05, 0.1) is 0 Å². The summed E-state index contributed by atoms with van der Waals surface area (Å²) in [7, 11) is 0. The minimum atomic E-state index is 0.264. The molecule has 1 unspecified atom stereocenters. The van der Waals surface area contributed by atoms with Crippen LogP contribution in [0.4, 0.5) is 0 Å². The van der Waals surface area contributed by atoms with Crippen LogP contribution in [0.1, 0.15) is 31.0 Å². The van der Waals surface area contributed by atoms with E-state index in [1.807, 2.05) is 13.1 Å². The van der Waals surface area contributed by atoms with Gasteiger partial charge in [0.25, 0.3) is 0 Å². The average Bonchev–Trinajstić information content (AvgIpc) is 2.09. The van der Waals surface area contributed by atoms with Gasteiger partial charge in [-0.1, -0.05) is 19.4 Å². The molecular weight excluding hydrogens is 160 g/mol. The van der Waals surface area contributed by atoms with Crippen LogP contribution in [0.2, 0.25) is 0 Å². The van der Waals surface area contributed by atoms with Crippen molar-refractivity contribution in [2.75, 3.05) is 0 Å². The Morgan fingerprint density at radius 1 is 1.46 bits per heavy atom. The fourth-order valence-corrected chi connectivity index (χ4v) is 1.36. The number of hydrogen-bond acceptors (Lipinski definition) is 2. The van der Waals surface area contributed by atoms with Crippen LogP contribution in [0.25, 0.3) is 0 Å². The molecule has 0 saturated heterocycles. The quantitative estimate of drug-likeness (QED) is 0.766. The molecule has 0 saturated carbocycles. The minimum Gasteiger partial charge on any atom is -0.327 e. The summed E-state index contributed by atoms with van der Waals surface area (Å²) in [6, 6.07) is 4.41. The molecule has 0 aromatic carbocycles. The van der Waals surface area contributed by atoms with Gasteiger partial charge in [-0.2, -0.15) is 0 Å². The van der Waals surface area contributed by atoms with Gasteiger partial charge in [0.15, 0.2) is 0 Å². The van der Waals surface area contributed by atoms with Crippen molar-refractivity contribution in [2.24, 2.45) is 5.73 Å². The van der Waals surface area contributed by atoms with E-state index in [0.29, 0.717) is 0 Å². The molecule has 2 nitrogen and oxygen atoms in total. The molecule has 0 amide bonds. The first kappa shape index (κ1) is 10.2. The monoisotopic (exact) mass is 178 g/mol. The lowest BCUT2D eigenvalue weighted by molar-refractivity contribution is 0.593. The van der Waals surface area contributed by atoms with Crippen LogP contribution in [0.3, 0.4) is 0 Å². The highest BCUT2D eigenvalue weighted by Crippen LogP contribution is 2.04. The summed E-state index contributed by atoms with van der Waals surface area (Å²) in [6.45, 7) is 4.20. The molecule has 2 heteroatoms. The highest BCUT2D eigenvalue weighted by atomic mass is 14.7. The molecule has 0 spiro atoms. The van der Waals surface area contributed by atoms with E-state index in [2.05, 4.69) is 24.0 Å². The van der Waals surface area contributed by atoms with Gasteiger partial charge in [-0.3, -0.25) is 4.98 Å². The molecule has 1 rings (SSSR count). The van der Waals surface area contributed by atoms with Crippen LogP contribution in [0.15, 0.2) is 18.3 Å². The number of aromatic nitrogens is 1. The third kappa shape index (κ3) is 3.55. The first-order valence-electron chi connectivity index (χ1n) is 4.89. The Morgan fingerprint density at radius 3 is 2.77 bits per heavy atom. The molecule has 0 aliphatic heterocycles. The van der Waals surface area contributed by atoms with Crippen molar-refractivity contribution in [2.45, 2.75) is 39.2 Å². The molecule has 72 valence electrons. The van der Waals surface area contributed by atoms with Gasteiger partial charge in [0.1, 0.15) is 0 Å². The standard InChI is InChI=1S/C11H18N2/c1-3-4-10(12)7-11-6-5-9(2)8-13-11/h5-6,8,10H,3-4,7,12H2,1-2H3. The number of rotatable bonds is 4. The van der Waals surface area contributed by atoms with Gasteiger partial charge in [-0.25, -0.2) is 0 Å². The van der Waals surface area contributed by atoms with E-state index >= 15 is 0 Å². The molecule has 0 fully saturated rings. The summed E-state index contributed by atoms with van der Waals surface area (Å²) >= 11 is 0. The maximum absolute atomic E-state index is 5.91. The largest absolute Gasteiger partial charge is 0.327 e. The third-order valence-electron chi connectivity index (χ3n) is 2.10. The summed E-state index contributed by atoms with van der Waals surface area (Å²) < 4.78 is 0. The topological polar surface area (TPSA) is 38.9 Å². The molecule has 1 aromatic heterocycles. The molecule has 0 radical (unpaired) electrons. The van der Waals surface area contributed by atoms with E-state index in [9.17, 15) is 0 Å². The van der Waals surface area contributed by atoms with E-state index < -0.39 is 0 Å². The van der Waals surface area contributed by atoms with E-state index in [-0.39, 0.29) is 6.04 Å². The molecule has 1 atom stereocenters. The maximum Gasteiger partial charge on any atom is 0.0419 e. The Balaban J connectivity index is 2.49. The molecule has 0 aliphatic carbocycles. The summed E-state index contributed by atoms with van der Waals surface area (Å²) in [5, 5.41) is 0. The van der Waals surface area contributed by atoms with Gasteiger partial charge < -0.3 is 5.73 Å². The Kier molecular flexibility index (Phi) is 3.90. The van der Waals surface area contributed by atoms with Crippen molar-refractivity contribution in [3.05, 3.63) is 29.6 Å². The summed E-state index contributed by atoms with van der Waals surface area (Å²) in [5.41, 5.74) is 8.22. The number of nitrogens with zero attached hydrogens (tertiary/aromatic N) is 1. The Bertz CT molecular complexity index is 241. The van der Waals surface area contributed by atoms with Crippen molar-refractivity contribution in [3.8, 4) is 0 Å². The molecule has 1 heterocycles. The lowest BCUT2D eigenvalue weighted by Crippen LogP contribution is -2.22. The highest BCUT2D eigenvalue weighted by molar-refractivity contribution is 5.12. The summed E-state index contributed by atoms with van der Waals surface area (Å²) in [4.78, 5) is 4.32. The Morgan fingerprint density at radius 2 is 2.23 bits per heavy atom. The predicted molar refractivity (Wildman–Crippen MR) is 55.6 cm³/mol. The summed E-state index contributed by atoms with van der Waals surface area (Å²) in [5.74, 6) is 0. The van der Waals surface area contributed by atoms with Gasteiger partial charge in [0, 0.05) is 24.4 Å². The SMILES string of the molecule is CCCC(N)Cc1ccc(C)cn1. The third-order valence-corrected chi connectivity index (χ3v) is 2.10. The van der Waals surface area contributed by atoms with Crippen LogP contribution in [-0.2, 0) is 6.42 Å². The predicted octanol–water partition coefficient (Wildman–Crippen LogP) is 2.06. The van der Waals surface area contributed by atoms with Crippen LogP contribution in [0, 0.1) is 6.92 Å². The number of pyridine rings is 1. The zero-order chi connectivity index (χ0) is 9.68. The smallest absolute Gasteiger partial charge is 0.0419 e. The highest BCUT2D eigenvalue weighted by Gasteiger charge is 2.02. The number of aryl methyl sites for hydroxylation is 1. The minimum absolute atomic E-state index is 0.264. The molecule has 0 bridgehead atoms. The zero-order valence-corrected chi connectivity index (χ0v) is 8.46. The van der Waals surface area contributed by atoms with E-state index in [1.54, 1.807) is 0 Å². The fraction of sp³-hybridized carbons (Fsp3) is 0.545. The second-order valence-electron chi connectivity index (χ2n) is 3.58. The lowest BCUT2D eigenvalue weighted by Gasteiger charge is -2.09. The number of nitrogens with two attached hydrogens (primary N) is 1. The molecule has 13 heavy (non-hydrogen) atoms. The van der Waals surface area contributed by atoms with Crippen molar-refractivity contribution in [1.82, 2.24) is 4.98 Å². The van der Waals surface area contributed by atoms with Crippen molar-refractivity contribution in [3.63, 3.8) is 0 Å². The molecular formula is C11H18N2. The van der Waals surface area contributed by atoms with Crippen molar-refractivity contribution < 1.29 is 0 Å². The van der Waals surface area contributed by atoms with Crippen LogP contribution < -0.4 is 5.73 Å². The maximum atomic E-state index is 5.91. The Labute approximate surface area is 80.2 Å². The van der Waals surface area contributed by atoms with E-state index in [4.69, 9.17) is 5.73 Å². The van der Waals surface area contributed by atoms with Crippen LogP contribution in [-0.4, -0.2) is 11.0 Å². The second-order valence-corrected chi connectivity index (χ2v) is 3.58. The van der Waals surface area contributed by atoms with Crippen LogP contribution >= 0.6 is 0 Å². The fourth-order valence-electron chi connectivity index (χ4n) is 1.36. The van der Waals surface area contributed by atoms with Crippen LogP contribution in [0.5, 0.6) is 0 Å². The average molecular weight is 178 g/mol. The molecule has 2 N–H and O–H groups in total. The normalized spacial score (nSPS) is 12.8. The van der Waals surface area contributed by atoms with E-state index in [1.165, 1.54) is 5.56 Å². The van der Waals surface area contributed by atoms with Gasteiger partial charge in [-0.15, -0.1) is 0 Å².